The van der Waals surface area contributed by atoms with Gasteiger partial charge in [-0.25, -0.2) is 8.78 Å². The van der Waals surface area contributed by atoms with Crippen molar-refractivity contribution >= 4 is 12.0 Å². The summed E-state index contributed by atoms with van der Waals surface area (Å²) >= 11 is 0. The third-order valence-corrected chi connectivity index (χ3v) is 3.29. The number of rotatable bonds is 5. The van der Waals surface area contributed by atoms with Crippen LogP contribution in [0.5, 0.6) is 0 Å². The fraction of sp³-hybridized carbons (Fsp3) is 0.235. The van der Waals surface area contributed by atoms with Crippen molar-refractivity contribution in [3.8, 4) is 0 Å². The monoisotopic (exact) mass is 321 g/mol. The van der Waals surface area contributed by atoms with Gasteiger partial charge in [-0.05, 0) is 49.8 Å². The van der Waals surface area contributed by atoms with Crippen molar-refractivity contribution in [3.63, 3.8) is 0 Å². The molecule has 0 aliphatic carbocycles. The number of nitrogens with one attached hydrogen (secondary N) is 1. The van der Waals surface area contributed by atoms with Gasteiger partial charge in [0.1, 0.15) is 11.5 Å². The SMILES string of the molecule is Cc1ccc(/C=C/C(=O)NC(C)C(O)c2ccc(F)c(F)c2)o1. The van der Waals surface area contributed by atoms with Crippen LogP contribution in [0, 0.1) is 18.6 Å². The molecule has 0 fully saturated rings. The molecule has 1 amide bonds. The summed E-state index contributed by atoms with van der Waals surface area (Å²) in [6.45, 7) is 3.35. The van der Waals surface area contributed by atoms with Crippen molar-refractivity contribution in [2.75, 3.05) is 0 Å². The minimum atomic E-state index is -1.16. The summed E-state index contributed by atoms with van der Waals surface area (Å²) in [5.41, 5.74) is 0.183. The molecular weight excluding hydrogens is 304 g/mol. The Morgan fingerprint density at radius 2 is 2.00 bits per heavy atom. The molecule has 2 rings (SSSR count). The van der Waals surface area contributed by atoms with Gasteiger partial charge in [-0.2, -0.15) is 0 Å². The number of aryl methyl sites for hydroxylation is 1. The fourth-order valence-electron chi connectivity index (χ4n) is 2.04. The Bertz CT molecular complexity index is 724. The minimum Gasteiger partial charge on any atom is -0.462 e. The number of aliphatic hydroxyl groups is 1. The first kappa shape index (κ1) is 16.9. The highest BCUT2D eigenvalue weighted by molar-refractivity contribution is 5.91. The lowest BCUT2D eigenvalue weighted by Crippen LogP contribution is -2.36. The standard InChI is InChI=1S/C17H17F2NO3/c1-10-3-5-13(23-10)6-8-16(21)20-11(2)17(22)12-4-7-14(18)15(19)9-12/h3-9,11,17,22H,1-2H3,(H,20,21)/b8-6+. The highest BCUT2D eigenvalue weighted by Crippen LogP contribution is 2.19. The number of amides is 1. The molecule has 0 radical (unpaired) electrons. The van der Waals surface area contributed by atoms with E-state index in [2.05, 4.69) is 5.32 Å². The first-order valence-electron chi connectivity index (χ1n) is 7.05. The summed E-state index contributed by atoms with van der Waals surface area (Å²) in [5, 5.41) is 12.7. The quantitative estimate of drug-likeness (QED) is 0.832. The van der Waals surface area contributed by atoms with Crippen molar-refractivity contribution in [2.24, 2.45) is 0 Å². The maximum Gasteiger partial charge on any atom is 0.244 e. The smallest absolute Gasteiger partial charge is 0.244 e. The zero-order valence-corrected chi connectivity index (χ0v) is 12.7. The number of furan rings is 1. The van der Waals surface area contributed by atoms with Crippen LogP contribution in [0.4, 0.5) is 8.78 Å². The van der Waals surface area contributed by atoms with Crippen LogP contribution in [0.1, 0.15) is 30.1 Å². The van der Waals surface area contributed by atoms with Gasteiger partial charge in [0.15, 0.2) is 11.6 Å². The number of aliphatic hydroxyl groups excluding tert-OH is 1. The Morgan fingerprint density at radius 3 is 2.61 bits per heavy atom. The lowest BCUT2D eigenvalue weighted by atomic mass is 10.0. The predicted octanol–water partition coefficient (Wildman–Crippen LogP) is 3.12. The van der Waals surface area contributed by atoms with Crippen molar-refractivity contribution < 1.29 is 23.1 Å². The number of halogens is 2. The number of benzene rings is 1. The number of carbonyl (C=O) groups excluding carboxylic acids is 1. The summed E-state index contributed by atoms with van der Waals surface area (Å²) in [5.74, 6) is -1.21. The van der Waals surface area contributed by atoms with E-state index < -0.39 is 29.7 Å². The largest absolute Gasteiger partial charge is 0.462 e. The summed E-state index contributed by atoms with van der Waals surface area (Å²) < 4.78 is 31.4. The van der Waals surface area contributed by atoms with Crippen LogP contribution in [0.15, 0.2) is 40.8 Å². The summed E-state index contributed by atoms with van der Waals surface area (Å²) in [6, 6.07) is 5.92. The number of hydrogen-bond donors (Lipinski definition) is 2. The molecule has 2 unspecified atom stereocenters. The number of hydrogen-bond acceptors (Lipinski definition) is 3. The van der Waals surface area contributed by atoms with Gasteiger partial charge in [-0.1, -0.05) is 6.07 Å². The Labute approximate surface area is 132 Å². The molecule has 1 heterocycles. The van der Waals surface area contributed by atoms with Crippen LogP contribution in [-0.4, -0.2) is 17.1 Å². The van der Waals surface area contributed by atoms with Crippen molar-refractivity contribution in [3.05, 3.63) is 65.1 Å². The van der Waals surface area contributed by atoms with E-state index in [-0.39, 0.29) is 5.56 Å². The van der Waals surface area contributed by atoms with E-state index in [9.17, 15) is 18.7 Å². The molecule has 0 aliphatic rings. The van der Waals surface area contributed by atoms with Crippen molar-refractivity contribution in [2.45, 2.75) is 26.0 Å². The van der Waals surface area contributed by atoms with Gasteiger partial charge in [0.2, 0.25) is 5.91 Å². The van der Waals surface area contributed by atoms with Crippen molar-refractivity contribution in [1.29, 1.82) is 0 Å². The molecule has 122 valence electrons. The maximum atomic E-state index is 13.2. The summed E-state index contributed by atoms with van der Waals surface area (Å²) in [7, 11) is 0. The molecule has 6 heteroatoms. The average Bonchev–Trinajstić information content (AvgIpc) is 2.93. The van der Waals surface area contributed by atoms with Crippen LogP contribution >= 0.6 is 0 Å². The Kier molecular flexibility index (Phi) is 5.28. The Balaban J connectivity index is 1.97. The molecule has 0 saturated carbocycles. The predicted molar refractivity (Wildman–Crippen MR) is 81.4 cm³/mol. The summed E-state index contributed by atoms with van der Waals surface area (Å²) in [4.78, 5) is 11.8. The van der Waals surface area contributed by atoms with E-state index in [1.807, 2.05) is 0 Å². The molecule has 0 saturated heterocycles. The Morgan fingerprint density at radius 1 is 1.26 bits per heavy atom. The highest BCUT2D eigenvalue weighted by Gasteiger charge is 2.19. The van der Waals surface area contributed by atoms with Gasteiger partial charge >= 0.3 is 0 Å². The van der Waals surface area contributed by atoms with Crippen LogP contribution in [0.3, 0.4) is 0 Å². The third-order valence-electron chi connectivity index (χ3n) is 3.29. The van der Waals surface area contributed by atoms with Gasteiger partial charge in [0, 0.05) is 6.08 Å². The molecule has 0 spiro atoms. The topological polar surface area (TPSA) is 62.5 Å². The first-order valence-corrected chi connectivity index (χ1v) is 7.05. The zero-order chi connectivity index (χ0) is 17.0. The van der Waals surface area contributed by atoms with E-state index >= 15 is 0 Å². The number of carbonyl (C=O) groups is 1. The van der Waals surface area contributed by atoms with E-state index in [1.54, 1.807) is 26.0 Å². The van der Waals surface area contributed by atoms with E-state index in [0.717, 1.165) is 17.9 Å². The second-order valence-corrected chi connectivity index (χ2v) is 5.20. The first-order chi connectivity index (χ1) is 10.9. The second kappa shape index (κ2) is 7.19. The molecule has 0 aliphatic heterocycles. The van der Waals surface area contributed by atoms with Crippen LogP contribution in [-0.2, 0) is 4.79 Å². The van der Waals surface area contributed by atoms with Gasteiger partial charge in [-0.15, -0.1) is 0 Å². The molecule has 1 aromatic heterocycles. The molecular formula is C17H17F2NO3. The van der Waals surface area contributed by atoms with Crippen LogP contribution < -0.4 is 5.32 Å². The normalized spacial score (nSPS) is 14.0. The van der Waals surface area contributed by atoms with Gasteiger partial charge < -0.3 is 14.8 Å². The highest BCUT2D eigenvalue weighted by atomic mass is 19.2. The van der Waals surface area contributed by atoms with E-state index in [0.29, 0.717) is 5.76 Å². The van der Waals surface area contributed by atoms with Crippen molar-refractivity contribution in [1.82, 2.24) is 5.32 Å². The minimum absolute atomic E-state index is 0.183. The zero-order valence-electron chi connectivity index (χ0n) is 12.7. The summed E-state index contributed by atoms with van der Waals surface area (Å²) in [6.07, 6.45) is 1.61. The van der Waals surface area contributed by atoms with Gasteiger partial charge in [0.05, 0.1) is 12.1 Å². The van der Waals surface area contributed by atoms with Gasteiger partial charge in [0.25, 0.3) is 0 Å². The molecule has 23 heavy (non-hydrogen) atoms. The maximum absolute atomic E-state index is 13.2. The third kappa shape index (κ3) is 4.50. The van der Waals surface area contributed by atoms with Gasteiger partial charge in [-0.3, -0.25) is 4.79 Å². The van der Waals surface area contributed by atoms with E-state index in [4.69, 9.17) is 4.42 Å². The lowest BCUT2D eigenvalue weighted by Gasteiger charge is -2.20. The van der Waals surface area contributed by atoms with Crippen LogP contribution in [0.2, 0.25) is 0 Å². The molecule has 0 bridgehead atoms. The Hall–Kier alpha value is -2.47. The molecule has 2 atom stereocenters. The average molecular weight is 321 g/mol. The van der Waals surface area contributed by atoms with E-state index in [1.165, 1.54) is 18.2 Å². The molecule has 4 nitrogen and oxygen atoms in total. The molecule has 1 aromatic carbocycles. The second-order valence-electron chi connectivity index (χ2n) is 5.20. The lowest BCUT2D eigenvalue weighted by molar-refractivity contribution is -0.117. The molecule has 2 aromatic rings. The fourth-order valence-corrected chi connectivity index (χ4v) is 2.04. The molecule has 2 N–H and O–H groups in total. The van der Waals surface area contributed by atoms with Crippen LogP contribution in [0.25, 0.3) is 6.08 Å².